The topological polar surface area (TPSA) is 38.3 Å². The van der Waals surface area contributed by atoms with E-state index in [-0.39, 0.29) is 5.78 Å². The fraction of sp³-hybridized carbons (Fsp3) is 0.400. The second-order valence-corrected chi connectivity index (χ2v) is 9.15. The van der Waals surface area contributed by atoms with Crippen molar-refractivity contribution in [1.82, 2.24) is 5.32 Å². The molecule has 2 aromatic carbocycles. The van der Waals surface area contributed by atoms with E-state index in [9.17, 15) is 4.57 Å². The van der Waals surface area contributed by atoms with Gasteiger partial charge in [0, 0.05) is 17.7 Å². The molecule has 0 bridgehead atoms. The summed E-state index contributed by atoms with van der Waals surface area (Å²) in [5, 5.41) is 4.15. The first-order valence-corrected chi connectivity index (χ1v) is 11.1. The standard InChI is InChI=1S/C20H27ClNO2P/c1-3-5-15-25(23,24-4-2)20(18-11-13-19(21)14-12-18)22-16-17-9-7-6-8-10-17/h6-14,20,22H,3-5,15-16H2,1-2H3. The third-order valence-corrected chi connectivity index (χ3v) is 7.25. The maximum absolute atomic E-state index is 13.7. The van der Waals surface area contributed by atoms with Crippen molar-refractivity contribution in [1.29, 1.82) is 0 Å². The van der Waals surface area contributed by atoms with Crippen molar-refractivity contribution in [3.63, 3.8) is 0 Å². The summed E-state index contributed by atoms with van der Waals surface area (Å²) in [5.41, 5.74) is 2.10. The van der Waals surface area contributed by atoms with Gasteiger partial charge in [-0.2, -0.15) is 0 Å². The Morgan fingerprint density at radius 1 is 1.08 bits per heavy atom. The van der Waals surface area contributed by atoms with Gasteiger partial charge >= 0.3 is 0 Å². The molecule has 5 heteroatoms. The lowest BCUT2D eigenvalue weighted by Gasteiger charge is -2.29. The molecule has 0 radical (unpaired) electrons. The Hall–Kier alpha value is -1.12. The molecule has 2 unspecified atom stereocenters. The molecule has 0 aliphatic rings. The minimum absolute atomic E-state index is 0.337. The van der Waals surface area contributed by atoms with Crippen LogP contribution >= 0.6 is 19.0 Å². The molecule has 25 heavy (non-hydrogen) atoms. The van der Waals surface area contributed by atoms with Crippen LogP contribution in [-0.4, -0.2) is 12.8 Å². The minimum Gasteiger partial charge on any atom is -0.327 e. The summed E-state index contributed by atoms with van der Waals surface area (Å²) < 4.78 is 19.5. The Kier molecular flexibility index (Phi) is 8.18. The van der Waals surface area contributed by atoms with Gasteiger partial charge < -0.3 is 4.52 Å². The van der Waals surface area contributed by atoms with Crippen LogP contribution in [0.4, 0.5) is 0 Å². The van der Waals surface area contributed by atoms with Gasteiger partial charge in [-0.1, -0.05) is 67.4 Å². The zero-order valence-electron chi connectivity index (χ0n) is 15.0. The molecule has 3 nitrogen and oxygen atoms in total. The number of unbranched alkanes of at least 4 members (excludes halogenated alkanes) is 1. The Balaban J connectivity index is 2.28. The number of nitrogens with one attached hydrogen (secondary N) is 1. The molecular weight excluding hydrogens is 353 g/mol. The normalized spacial score (nSPS) is 14.8. The van der Waals surface area contributed by atoms with Crippen molar-refractivity contribution in [2.24, 2.45) is 0 Å². The van der Waals surface area contributed by atoms with E-state index in [4.69, 9.17) is 16.1 Å². The number of benzene rings is 2. The first-order valence-electron chi connectivity index (χ1n) is 8.85. The van der Waals surface area contributed by atoms with Crippen molar-refractivity contribution in [3.8, 4) is 0 Å². The highest BCUT2D eigenvalue weighted by Gasteiger charge is 2.34. The first-order chi connectivity index (χ1) is 12.1. The molecule has 0 aliphatic carbocycles. The molecular formula is C20H27ClNO2P. The quantitative estimate of drug-likeness (QED) is 0.496. The number of halogens is 1. The van der Waals surface area contributed by atoms with E-state index < -0.39 is 7.37 Å². The fourth-order valence-electron chi connectivity index (χ4n) is 2.80. The predicted molar refractivity (Wildman–Crippen MR) is 106 cm³/mol. The van der Waals surface area contributed by atoms with Crippen LogP contribution in [0.1, 0.15) is 43.6 Å². The monoisotopic (exact) mass is 379 g/mol. The summed E-state index contributed by atoms with van der Waals surface area (Å²) in [6.07, 6.45) is 2.45. The van der Waals surface area contributed by atoms with Gasteiger partial charge in [-0.05, 0) is 36.6 Å². The van der Waals surface area contributed by atoms with Crippen LogP contribution in [-0.2, 0) is 15.6 Å². The molecule has 2 rings (SSSR count). The van der Waals surface area contributed by atoms with E-state index in [0.717, 1.165) is 24.0 Å². The van der Waals surface area contributed by atoms with Gasteiger partial charge in [0.2, 0.25) is 7.37 Å². The Labute approximate surface area is 156 Å². The smallest absolute Gasteiger partial charge is 0.223 e. The second-order valence-electron chi connectivity index (χ2n) is 6.04. The van der Waals surface area contributed by atoms with Crippen molar-refractivity contribution < 1.29 is 9.09 Å². The molecule has 1 N–H and O–H groups in total. The van der Waals surface area contributed by atoms with Crippen LogP contribution < -0.4 is 5.32 Å². The summed E-state index contributed by atoms with van der Waals surface area (Å²) in [5.74, 6) is -0.337. The van der Waals surface area contributed by atoms with E-state index in [2.05, 4.69) is 24.4 Å². The SMILES string of the molecule is CCCCP(=O)(OCC)C(NCc1ccccc1)c1ccc(Cl)cc1. The molecule has 0 amide bonds. The Morgan fingerprint density at radius 3 is 2.36 bits per heavy atom. The zero-order chi connectivity index (χ0) is 18.1. The summed E-state index contributed by atoms with van der Waals surface area (Å²) in [7, 11) is -2.87. The van der Waals surface area contributed by atoms with Crippen molar-refractivity contribution >= 4 is 19.0 Å². The lowest BCUT2D eigenvalue weighted by molar-refractivity contribution is 0.318. The van der Waals surface area contributed by atoms with Gasteiger partial charge in [-0.3, -0.25) is 9.88 Å². The van der Waals surface area contributed by atoms with Gasteiger partial charge in [0.05, 0.1) is 6.61 Å². The van der Waals surface area contributed by atoms with E-state index in [1.807, 2.05) is 49.4 Å². The lowest BCUT2D eigenvalue weighted by Crippen LogP contribution is -2.23. The van der Waals surface area contributed by atoms with E-state index >= 15 is 0 Å². The maximum atomic E-state index is 13.7. The number of hydrogen-bond donors (Lipinski definition) is 1. The predicted octanol–water partition coefficient (Wildman–Crippen LogP) is 6.24. The highest BCUT2D eigenvalue weighted by atomic mass is 35.5. The maximum Gasteiger partial charge on any atom is 0.223 e. The zero-order valence-corrected chi connectivity index (χ0v) is 16.6. The molecule has 0 heterocycles. The number of rotatable bonds is 10. The fourth-order valence-corrected chi connectivity index (χ4v) is 5.66. The summed E-state index contributed by atoms with van der Waals surface area (Å²) in [4.78, 5) is 0. The van der Waals surface area contributed by atoms with Crippen LogP contribution in [0.3, 0.4) is 0 Å². The molecule has 2 aromatic rings. The van der Waals surface area contributed by atoms with Crippen LogP contribution in [0.25, 0.3) is 0 Å². The lowest BCUT2D eigenvalue weighted by atomic mass is 10.2. The van der Waals surface area contributed by atoms with Crippen molar-refractivity contribution in [2.75, 3.05) is 12.8 Å². The molecule has 0 fully saturated rings. The summed E-state index contributed by atoms with van der Waals surface area (Å²) >= 11 is 6.03. The summed E-state index contributed by atoms with van der Waals surface area (Å²) in [6.45, 7) is 5.08. The second kappa shape index (κ2) is 10.1. The van der Waals surface area contributed by atoms with Gasteiger partial charge in [0.25, 0.3) is 0 Å². The van der Waals surface area contributed by atoms with Gasteiger partial charge in [0.1, 0.15) is 5.78 Å². The van der Waals surface area contributed by atoms with Gasteiger partial charge in [-0.25, -0.2) is 0 Å². The largest absolute Gasteiger partial charge is 0.327 e. The van der Waals surface area contributed by atoms with Crippen LogP contribution in [0.5, 0.6) is 0 Å². The molecule has 0 spiro atoms. The van der Waals surface area contributed by atoms with Crippen LogP contribution in [0.15, 0.2) is 54.6 Å². The molecule has 136 valence electrons. The van der Waals surface area contributed by atoms with Crippen molar-refractivity contribution in [3.05, 3.63) is 70.7 Å². The molecule has 0 aromatic heterocycles. The number of hydrogen-bond acceptors (Lipinski definition) is 3. The van der Waals surface area contributed by atoms with E-state index in [1.54, 1.807) is 0 Å². The van der Waals surface area contributed by atoms with Crippen LogP contribution in [0, 0.1) is 0 Å². The Morgan fingerprint density at radius 2 is 1.76 bits per heavy atom. The Bertz CT molecular complexity index is 676. The highest BCUT2D eigenvalue weighted by Crippen LogP contribution is 2.59. The molecule has 0 aliphatic heterocycles. The minimum atomic E-state index is -2.87. The first kappa shape index (κ1) is 20.2. The van der Waals surface area contributed by atoms with Crippen molar-refractivity contribution in [2.45, 2.75) is 39.0 Å². The highest BCUT2D eigenvalue weighted by molar-refractivity contribution is 7.59. The average Bonchev–Trinajstić information content (AvgIpc) is 2.63. The van der Waals surface area contributed by atoms with E-state index in [1.165, 1.54) is 0 Å². The average molecular weight is 380 g/mol. The molecule has 0 saturated heterocycles. The molecule has 0 saturated carbocycles. The molecule has 2 atom stereocenters. The van der Waals surface area contributed by atoms with Crippen LogP contribution in [0.2, 0.25) is 5.02 Å². The van der Waals surface area contributed by atoms with Gasteiger partial charge in [0.15, 0.2) is 0 Å². The van der Waals surface area contributed by atoms with Gasteiger partial charge in [-0.15, -0.1) is 0 Å². The summed E-state index contributed by atoms with van der Waals surface area (Å²) in [6, 6.07) is 17.7. The third-order valence-electron chi connectivity index (χ3n) is 4.09. The van der Waals surface area contributed by atoms with E-state index in [0.29, 0.717) is 24.3 Å². The third kappa shape index (κ3) is 5.97.